The van der Waals surface area contributed by atoms with Crippen LogP contribution in [0.1, 0.15) is 21.5 Å². The number of ether oxygens (including phenoxy) is 1. The molecule has 3 rings (SSSR count). The van der Waals surface area contributed by atoms with Gasteiger partial charge in [0.2, 0.25) is 0 Å². The van der Waals surface area contributed by atoms with Crippen molar-refractivity contribution in [1.82, 2.24) is 10.3 Å². The van der Waals surface area contributed by atoms with Crippen molar-refractivity contribution in [3.8, 4) is 5.75 Å². The van der Waals surface area contributed by atoms with Gasteiger partial charge in [-0.3, -0.25) is 4.79 Å². The first kappa shape index (κ1) is 14.5. The SMILES string of the molecule is O=C(NCc1cc(Br)cc2c1OCC2)c1cccnc1Br. The van der Waals surface area contributed by atoms with Crippen molar-refractivity contribution < 1.29 is 9.53 Å². The van der Waals surface area contributed by atoms with Crippen LogP contribution in [-0.4, -0.2) is 17.5 Å². The highest BCUT2D eigenvalue weighted by Crippen LogP contribution is 2.32. The van der Waals surface area contributed by atoms with Crippen molar-refractivity contribution in [2.24, 2.45) is 0 Å². The molecular weight excluding hydrogens is 400 g/mol. The van der Waals surface area contributed by atoms with Crippen LogP contribution in [0.25, 0.3) is 0 Å². The molecule has 0 atom stereocenters. The van der Waals surface area contributed by atoms with Crippen molar-refractivity contribution in [3.63, 3.8) is 0 Å². The highest BCUT2D eigenvalue weighted by molar-refractivity contribution is 9.10. The number of fused-ring (bicyclic) bond motifs is 1. The maximum absolute atomic E-state index is 12.2. The average Bonchev–Trinajstić information content (AvgIpc) is 2.93. The number of aromatic nitrogens is 1. The largest absolute Gasteiger partial charge is 0.493 e. The normalized spacial score (nSPS) is 12.7. The number of amides is 1. The van der Waals surface area contributed by atoms with E-state index in [0.29, 0.717) is 23.3 Å². The molecule has 1 aliphatic rings. The second-order valence-corrected chi connectivity index (χ2v) is 6.34. The molecule has 0 saturated carbocycles. The third-order valence-electron chi connectivity index (χ3n) is 3.27. The summed E-state index contributed by atoms with van der Waals surface area (Å²) >= 11 is 6.77. The number of nitrogens with one attached hydrogen (secondary N) is 1. The summed E-state index contributed by atoms with van der Waals surface area (Å²) in [5.41, 5.74) is 2.67. The number of benzene rings is 1. The van der Waals surface area contributed by atoms with Crippen LogP contribution in [0.2, 0.25) is 0 Å². The first-order valence-electron chi connectivity index (χ1n) is 6.48. The molecule has 1 aromatic heterocycles. The quantitative estimate of drug-likeness (QED) is 0.786. The molecule has 0 unspecified atom stereocenters. The Hall–Kier alpha value is -1.40. The Balaban J connectivity index is 1.77. The van der Waals surface area contributed by atoms with E-state index in [9.17, 15) is 4.79 Å². The predicted molar refractivity (Wildman–Crippen MR) is 86.4 cm³/mol. The Labute approximate surface area is 139 Å². The Morgan fingerprint density at radius 2 is 2.24 bits per heavy atom. The molecule has 6 heteroatoms. The van der Waals surface area contributed by atoms with Gasteiger partial charge >= 0.3 is 0 Å². The van der Waals surface area contributed by atoms with Crippen LogP contribution in [0, 0.1) is 0 Å². The molecular formula is C15H12Br2N2O2. The molecule has 0 bridgehead atoms. The van der Waals surface area contributed by atoms with Gasteiger partial charge in [-0.05, 0) is 45.8 Å². The van der Waals surface area contributed by atoms with Crippen LogP contribution in [0.5, 0.6) is 5.75 Å². The van der Waals surface area contributed by atoms with Crippen LogP contribution < -0.4 is 10.1 Å². The third kappa shape index (κ3) is 3.11. The monoisotopic (exact) mass is 410 g/mol. The number of hydrogen-bond acceptors (Lipinski definition) is 3. The van der Waals surface area contributed by atoms with Crippen LogP contribution in [-0.2, 0) is 13.0 Å². The Morgan fingerprint density at radius 1 is 1.38 bits per heavy atom. The van der Waals surface area contributed by atoms with E-state index >= 15 is 0 Å². The van der Waals surface area contributed by atoms with E-state index in [4.69, 9.17) is 4.74 Å². The van der Waals surface area contributed by atoms with Crippen LogP contribution in [0.3, 0.4) is 0 Å². The Bertz CT molecular complexity index is 704. The fourth-order valence-corrected chi connectivity index (χ4v) is 3.29. The highest BCUT2D eigenvalue weighted by atomic mass is 79.9. The standard InChI is InChI=1S/C15H12Br2N2O2/c16-11-6-9-3-5-21-13(9)10(7-11)8-19-15(20)12-2-1-4-18-14(12)17/h1-2,4,6-7H,3,5,8H2,(H,19,20). The van der Waals surface area contributed by atoms with Gasteiger partial charge in [-0.1, -0.05) is 15.9 Å². The first-order chi connectivity index (χ1) is 10.1. The smallest absolute Gasteiger partial charge is 0.254 e. The number of nitrogens with zero attached hydrogens (tertiary/aromatic N) is 1. The summed E-state index contributed by atoms with van der Waals surface area (Å²) in [6, 6.07) is 7.50. The molecule has 2 heterocycles. The van der Waals surface area contributed by atoms with Crippen molar-refractivity contribution in [2.45, 2.75) is 13.0 Å². The summed E-state index contributed by atoms with van der Waals surface area (Å²) in [4.78, 5) is 16.2. The van der Waals surface area contributed by atoms with Crippen molar-refractivity contribution >= 4 is 37.8 Å². The van der Waals surface area contributed by atoms with Gasteiger partial charge in [-0.2, -0.15) is 0 Å². The first-order valence-corrected chi connectivity index (χ1v) is 8.06. The van der Waals surface area contributed by atoms with E-state index in [1.807, 2.05) is 6.07 Å². The molecule has 0 radical (unpaired) electrons. The number of carbonyl (C=O) groups excluding carboxylic acids is 1. The van der Waals surface area contributed by atoms with Gasteiger partial charge < -0.3 is 10.1 Å². The molecule has 1 amide bonds. The zero-order valence-corrected chi connectivity index (χ0v) is 14.2. The number of carbonyl (C=O) groups is 1. The topological polar surface area (TPSA) is 51.2 Å². The summed E-state index contributed by atoms with van der Waals surface area (Å²) in [5.74, 6) is 0.727. The summed E-state index contributed by atoms with van der Waals surface area (Å²) in [6.45, 7) is 1.11. The lowest BCUT2D eigenvalue weighted by molar-refractivity contribution is 0.0949. The van der Waals surface area contributed by atoms with Crippen molar-refractivity contribution in [1.29, 1.82) is 0 Å². The minimum Gasteiger partial charge on any atom is -0.493 e. The summed E-state index contributed by atoms with van der Waals surface area (Å²) in [6.07, 6.45) is 2.54. The maximum Gasteiger partial charge on any atom is 0.254 e. The highest BCUT2D eigenvalue weighted by Gasteiger charge is 2.18. The molecule has 108 valence electrons. The van der Waals surface area contributed by atoms with E-state index in [2.05, 4.69) is 48.2 Å². The number of rotatable bonds is 3. The van der Waals surface area contributed by atoms with Crippen LogP contribution >= 0.6 is 31.9 Å². The zero-order chi connectivity index (χ0) is 14.8. The van der Waals surface area contributed by atoms with E-state index in [0.717, 1.165) is 22.2 Å². The Morgan fingerprint density at radius 3 is 3.05 bits per heavy atom. The fourth-order valence-electron chi connectivity index (χ4n) is 2.30. The molecule has 1 aromatic carbocycles. The van der Waals surface area contributed by atoms with Gasteiger partial charge in [0, 0.05) is 29.2 Å². The molecule has 0 spiro atoms. The van der Waals surface area contributed by atoms with Gasteiger partial charge in [-0.15, -0.1) is 0 Å². The van der Waals surface area contributed by atoms with E-state index in [-0.39, 0.29) is 5.91 Å². The second kappa shape index (κ2) is 6.15. The molecule has 1 aliphatic heterocycles. The zero-order valence-electron chi connectivity index (χ0n) is 11.0. The van der Waals surface area contributed by atoms with Crippen LogP contribution in [0.4, 0.5) is 0 Å². The molecule has 0 aliphatic carbocycles. The molecule has 21 heavy (non-hydrogen) atoms. The lowest BCUT2D eigenvalue weighted by atomic mass is 10.1. The average molecular weight is 412 g/mol. The summed E-state index contributed by atoms with van der Waals surface area (Å²) in [7, 11) is 0. The minimum atomic E-state index is -0.165. The number of hydrogen-bond donors (Lipinski definition) is 1. The summed E-state index contributed by atoms with van der Waals surface area (Å²) in [5, 5.41) is 2.90. The number of halogens is 2. The minimum absolute atomic E-state index is 0.165. The summed E-state index contributed by atoms with van der Waals surface area (Å²) < 4.78 is 7.19. The third-order valence-corrected chi connectivity index (χ3v) is 4.36. The lowest BCUT2D eigenvalue weighted by Gasteiger charge is -2.11. The van der Waals surface area contributed by atoms with Gasteiger partial charge in [0.1, 0.15) is 10.4 Å². The Kier molecular flexibility index (Phi) is 4.26. The van der Waals surface area contributed by atoms with E-state index in [1.54, 1.807) is 18.3 Å². The van der Waals surface area contributed by atoms with Crippen molar-refractivity contribution in [2.75, 3.05) is 6.61 Å². The predicted octanol–water partition coefficient (Wildman–Crippen LogP) is 3.47. The number of pyridine rings is 1. The maximum atomic E-state index is 12.2. The van der Waals surface area contributed by atoms with E-state index < -0.39 is 0 Å². The molecule has 4 nitrogen and oxygen atoms in total. The fraction of sp³-hybridized carbons (Fsp3) is 0.200. The lowest BCUT2D eigenvalue weighted by Crippen LogP contribution is -2.23. The van der Waals surface area contributed by atoms with Gasteiger partial charge in [0.25, 0.3) is 5.91 Å². The van der Waals surface area contributed by atoms with Gasteiger partial charge in [0.15, 0.2) is 0 Å². The van der Waals surface area contributed by atoms with Gasteiger partial charge in [-0.25, -0.2) is 4.98 Å². The second-order valence-electron chi connectivity index (χ2n) is 4.68. The van der Waals surface area contributed by atoms with Gasteiger partial charge in [0.05, 0.1) is 12.2 Å². The molecule has 0 fully saturated rings. The molecule has 1 N–H and O–H groups in total. The van der Waals surface area contributed by atoms with Crippen molar-refractivity contribution in [3.05, 3.63) is 56.2 Å². The molecule has 2 aromatic rings. The van der Waals surface area contributed by atoms with E-state index in [1.165, 1.54) is 5.56 Å². The van der Waals surface area contributed by atoms with Crippen LogP contribution in [0.15, 0.2) is 39.5 Å². The molecule has 0 saturated heterocycles.